The van der Waals surface area contributed by atoms with Gasteiger partial charge in [0.05, 0.1) is 17.8 Å². The van der Waals surface area contributed by atoms with Crippen molar-refractivity contribution in [1.29, 1.82) is 0 Å². The third kappa shape index (κ3) is 3.23. The van der Waals surface area contributed by atoms with Gasteiger partial charge in [-0.3, -0.25) is 4.79 Å². The van der Waals surface area contributed by atoms with Gasteiger partial charge in [0.25, 0.3) is 5.56 Å². The molecule has 5 nitrogen and oxygen atoms in total. The van der Waals surface area contributed by atoms with Crippen molar-refractivity contribution in [3.63, 3.8) is 0 Å². The maximum atomic E-state index is 13.0. The average molecular weight is 382 g/mol. The fraction of sp³-hybridized carbons (Fsp3) is 0.444. The van der Waals surface area contributed by atoms with Gasteiger partial charge in [-0.15, -0.1) is 0 Å². The largest absolute Gasteiger partial charge is 0.497 e. The first-order chi connectivity index (χ1) is 12.0. The Morgan fingerprint density at radius 2 is 2.00 bits per heavy atom. The lowest BCUT2D eigenvalue weighted by Gasteiger charge is -2.23. The summed E-state index contributed by atoms with van der Waals surface area (Å²) in [5.74, 6) is 1.03. The van der Waals surface area contributed by atoms with E-state index in [1.807, 2.05) is 11.0 Å². The minimum Gasteiger partial charge on any atom is -0.497 e. The third-order valence-corrected chi connectivity index (χ3v) is 5.17. The Morgan fingerprint density at radius 1 is 1.28 bits per heavy atom. The molecule has 1 aromatic heterocycles. The number of nitrogens with zero attached hydrogens (tertiary/aromatic N) is 3. The van der Waals surface area contributed by atoms with Gasteiger partial charge < -0.3 is 14.2 Å². The normalized spacial score (nSPS) is 13.4. The van der Waals surface area contributed by atoms with Crippen molar-refractivity contribution in [3.05, 3.63) is 44.4 Å². The van der Waals surface area contributed by atoms with Crippen LogP contribution in [0.15, 0.2) is 23.1 Å². The quantitative estimate of drug-likeness (QED) is 0.758. The van der Waals surface area contributed by atoms with Crippen LogP contribution in [-0.2, 0) is 6.42 Å². The highest BCUT2D eigenvalue weighted by Gasteiger charge is 2.28. The van der Waals surface area contributed by atoms with Gasteiger partial charge in [-0.25, -0.2) is 4.98 Å². The van der Waals surface area contributed by atoms with Crippen LogP contribution in [-0.4, -0.2) is 23.2 Å². The molecule has 0 atom stereocenters. The van der Waals surface area contributed by atoms with Crippen molar-refractivity contribution in [3.8, 4) is 5.75 Å². The van der Waals surface area contributed by atoms with Crippen LogP contribution in [0.25, 0.3) is 0 Å². The van der Waals surface area contributed by atoms with E-state index in [9.17, 15) is 4.79 Å². The molecular weight excluding hydrogens is 361 g/mol. The van der Waals surface area contributed by atoms with Gasteiger partial charge in [-0.1, -0.05) is 37.0 Å². The number of benzene rings is 1. The standard InChI is InChI=1S/C18H21Cl2N3O2/c1-4-12(5-2)23-10-15(20)21-17(18(23)24)22-7-6-11-8-13(25-3)9-14(19)16(11)22/h8-10,12H,4-7H2,1-3H3. The summed E-state index contributed by atoms with van der Waals surface area (Å²) in [5.41, 5.74) is 1.71. The summed E-state index contributed by atoms with van der Waals surface area (Å²) in [5, 5.41) is 0.849. The van der Waals surface area contributed by atoms with Crippen molar-refractivity contribution < 1.29 is 4.74 Å². The highest BCUT2D eigenvalue weighted by atomic mass is 35.5. The molecule has 0 saturated carbocycles. The maximum Gasteiger partial charge on any atom is 0.294 e. The van der Waals surface area contributed by atoms with E-state index >= 15 is 0 Å². The van der Waals surface area contributed by atoms with E-state index in [0.29, 0.717) is 28.3 Å². The van der Waals surface area contributed by atoms with Crippen molar-refractivity contribution in [2.24, 2.45) is 0 Å². The minimum absolute atomic E-state index is 0.0974. The molecule has 0 N–H and O–H groups in total. The lowest BCUT2D eigenvalue weighted by Crippen LogP contribution is -2.31. The zero-order chi connectivity index (χ0) is 18.1. The SMILES string of the molecule is CCC(CC)n1cc(Cl)nc(N2CCc3cc(OC)cc(Cl)c32)c1=O. The molecule has 134 valence electrons. The van der Waals surface area contributed by atoms with Crippen molar-refractivity contribution in [1.82, 2.24) is 9.55 Å². The van der Waals surface area contributed by atoms with Crippen molar-refractivity contribution in [2.45, 2.75) is 39.2 Å². The number of ether oxygens (including phenoxy) is 1. The monoisotopic (exact) mass is 381 g/mol. The van der Waals surface area contributed by atoms with Gasteiger partial charge >= 0.3 is 0 Å². The summed E-state index contributed by atoms with van der Waals surface area (Å²) >= 11 is 12.7. The van der Waals surface area contributed by atoms with Crippen LogP contribution in [0.2, 0.25) is 10.2 Å². The van der Waals surface area contributed by atoms with Crippen molar-refractivity contribution >= 4 is 34.7 Å². The fourth-order valence-corrected chi connectivity index (χ4v) is 3.91. The molecule has 0 unspecified atom stereocenters. The molecule has 0 saturated heterocycles. The predicted octanol–water partition coefficient (Wildman–Crippen LogP) is 4.61. The Hall–Kier alpha value is -1.72. The van der Waals surface area contributed by atoms with Gasteiger partial charge in [0.1, 0.15) is 10.9 Å². The molecule has 3 rings (SSSR count). The first kappa shape index (κ1) is 18.1. The topological polar surface area (TPSA) is 47.4 Å². The summed E-state index contributed by atoms with van der Waals surface area (Å²) in [6.07, 6.45) is 4.10. The van der Waals surface area contributed by atoms with Crippen molar-refractivity contribution in [2.75, 3.05) is 18.6 Å². The Kier molecular flexibility index (Phi) is 5.25. The molecule has 1 aliphatic heterocycles. The summed E-state index contributed by atoms with van der Waals surface area (Å²) in [7, 11) is 1.61. The van der Waals surface area contributed by atoms with E-state index in [4.69, 9.17) is 27.9 Å². The zero-order valence-electron chi connectivity index (χ0n) is 14.6. The number of hydrogen-bond acceptors (Lipinski definition) is 4. The van der Waals surface area contributed by atoms with Crippen LogP contribution in [0.4, 0.5) is 11.5 Å². The molecule has 0 spiro atoms. The van der Waals surface area contributed by atoms with E-state index in [-0.39, 0.29) is 11.6 Å². The van der Waals surface area contributed by atoms with Crippen LogP contribution in [0.1, 0.15) is 38.3 Å². The molecule has 7 heteroatoms. The average Bonchev–Trinajstić information content (AvgIpc) is 3.02. The van der Waals surface area contributed by atoms with Gasteiger partial charge in [-0.05, 0) is 30.9 Å². The summed E-state index contributed by atoms with van der Waals surface area (Å²) in [6.45, 7) is 4.75. The Balaban J connectivity index is 2.13. The number of aromatic nitrogens is 2. The second-order valence-corrected chi connectivity index (χ2v) is 6.88. The number of halogens is 2. The second kappa shape index (κ2) is 7.26. The highest BCUT2D eigenvalue weighted by Crippen LogP contribution is 2.41. The molecule has 0 radical (unpaired) electrons. The lowest BCUT2D eigenvalue weighted by atomic mass is 10.1. The number of anilines is 2. The number of fused-ring (bicyclic) bond motifs is 1. The lowest BCUT2D eigenvalue weighted by molar-refractivity contribution is 0.414. The molecule has 25 heavy (non-hydrogen) atoms. The molecule has 0 amide bonds. The summed E-state index contributed by atoms with van der Waals surface area (Å²) < 4.78 is 6.97. The Bertz CT molecular complexity index is 847. The van der Waals surface area contributed by atoms with E-state index in [1.165, 1.54) is 0 Å². The van der Waals surface area contributed by atoms with Crippen LogP contribution in [0, 0.1) is 0 Å². The first-order valence-electron chi connectivity index (χ1n) is 8.42. The van der Waals surface area contributed by atoms with Gasteiger partial charge in [0.2, 0.25) is 5.82 Å². The van der Waals surface area contributed by atoms with Crippen LogP contribution < -0.4 is 15.2 Å². The van der Waals surface area contributed by atoms with Crippen LogP contribution >= 0.6 is 23.2 Å². The number of rotatable bonds is 5. The van der Waals surface area contributed by atoms with E-state index < -0.39 is 0 Å². The fourth-order valence-electron chi connectivity index (χ4n) is 3.39. The molecule has 0 aliphatic carbocycles. The van der Waals surface area contributed by atoms with Crippen LogP contribution in [0.3, 0.4) is 0 Å². The molecule has 2 aromatic rings. The van der Waals surface area contributed by atoms with Gasteiger partial charge in [0, 0.05) is 24.8 Å². The molecular formula is C18H21Cl2N3O2. The molecule has 1 aromatic carbocycles. The Labute approximate surface area is 157 Å². The first-order valence-corrected chi connectivity index (χ1v) is 9.18. The molecule has 2 heterocycles. The smallest absolute Gasteiger partial charge is 0.294 e. The van der Waals surface area contributed by atoms with Gasteiger partial charge in [-0.2, -0.15) is 0 Å². The van der Waals surface area contributed by atoms with E-state index in [2.05, 4.69) is 18.8 Å². The molecule has 1 aliphatic rings. The van der Waals surface area contributed by atoms with Gasteiger partial charge in [0.15, 0.2) is 0 Å². The third-order valence-electron chi connectivity index (χ3n) is 4.70. The molecule has 0 fully saturated rings. The summed E-state index contributed by atoms with van der Waals surface area (Å²) in [6, 6.07) is 3.80. The second-order valence-electron chi connectivity index (χ2n) is 6.09. The van der Waals surface area contributed by atoms with Crippen LogP contribution in [0.5, 0.6) is 5.75 Å². The minimum atomic E-state index is -0.141. The summed E-state index contributed by atoms with van der Waals surface area (Å²) in [4.78, 5) is 19.2. The molecule has 0 bridgehead atoms. The van der Waals surface area contributed by atoms with E-state index in [0.717, 1.165) is 30.5 Å². The van der Waals surface area contributed by atoms with E-state index in [1.54, 1.807) is 23.9 Å². The Morgan fingerprint density at radius 3 is 2.64 bits per heavy atom. The zero-order valence-corrected chi connectivity index (χ0v) is 16.1. The number of hydrogen-bond donors (Lipinski definition) is 0. The highest BCUT2D eigenvalue weighted by molar-refractivity contribution is 6.34. The number of methoxy groups -OCH3 is 1. The maximum absolute atomic E-state index is 13.0. The predicted molar refractivity (Wildman–Crippen MR) is 102 cm³/mol.